The van der Waals surface area contributed by atoms with E-state index in [-0.39, 0.29) is 0 Å². The van der Waals surface area contributed by atoms with Crippen molar-refractivity contribution in [1.82, 2.24) is 0 Å². The maximum Gasteiger partial charge on any atom is -0.0351 e. The van der Waals surface area contributed by atoms with Gasteiger partial charge in [-0.1, -0.05) is 129 Å². The van der Waals surface area contributed by atoms with Gasteiger partial charge in [0.2, 0.25) is 0 Å². The van der Waals surface area contributed by atoms with Crippen molar-refractivity contribution in [1.29, 1.82) is 0 Å². The van der Waals surface area contributed by atoms with E-state index < -0.39 is 0 Å². The Morgan fingerprint density at radius 3 is 1.00 bits per heavy atom. The van der Waals surface area contributed by atoms with Crippen LogP contribution >= 0.6 is 0 Å². The highest BCUT2D eigenvalue weighted by Crippen LogP contribution is 2.14. The second-order valence-electron chi connectivity index (χ2n) is 7.41. The van der Waals surface area contributed by atoms with Gasteiger partial charge in [-0.15, -0.1) is 0 Å². The van der Waals surface area contributed by atoms with E-state index >= 15 is 0 Å². The lowest BCUT2D eigenvalue weighted by Crippen LogP contribution is -1.83. The lowest BCUT2D eigenvalue weighted by Gasteiger charge is -2.03. The number of hydrogen-bond donors (Lipinski definition) is 0. The summed E-state index contributed by atoms with van der Waals surface area (Å²) in [6, 6.07) is 0. The van der Waals surface area contributed by atoms with Gasteiger partial charge in [0.1, 0.15) is 0 Å². The molecule has 0 saturated heterocycles. The van der Waals surface area contributed by atoms with Gasteiger partial charge in [-0.05, 0) is 25.7 Å². The largest absolute Gasteiger partial charge is 0.0885 e. The topological polar surface area (TPSA) is 0 Å². The van der Waals surface area contributed by atoms with Gasteiger partial charge in [0.25, 0.3) is 0 Å². The van der Waals surface area contributed by atoms with E-state index in [1.165, 1.54) is 116 Å². The van der Waals surface area contributed by atoms with Crippen LogP contribution in [-0.2, 0) is 0 Å². The quantitative estimate of drug-likeness (QED) is 0.154. The fourth-order valence-corrected chi connectivity index (χ4v) is 3.23. The van der Waals surface area contributed by atoms with Crippen molar-refractivity contribution in [3.8, 4) is 0 Å². The summed E-state index contributed by atoms with van der Waals surface area (Å²) in [6.07, 6.45) is 32.2. The summed E-state index contributed by atoms with van der Waals surface area (Å²) in [5, 5.41) is 0. The average molecular weight is 335 g/mol. The maximum absolute atomic E-state index is 3.90. The molecule has 0 saturated carbocycles. The van der Waals surface area contributed by atoms with E-state index in [2.05, 4.69) is 26.0 Å². The minimum absolute atomic E-state index is 1.07. The number of allylic oxidation sites excluding steroid dienone is 2. The molecule has 0 aliphatic carbocycles. The number of hydrogen-bond acceptors (Lipinski definition) is 0. The monoisotopic (exact) mass is 334 g/mol. The third kappa shape index (κ3) is 21.7. The molecule has 0 atom stereocenters. The molecule has 0 fully saturated rings. The maximum atomic E-state index is 3.90. The molecule has 24 heavy (non-hydrogen) atoms. The van der Waals surface area contributed by atoms with Crippen LogP contribution in [0, 0.1) is 13.8 Å². The molecule has 0 aliphatic heterocycles. The van der Waals surface area contributed by atoms with Gasteiger partial charge in [-0.3, -0.25) is 0 Å². The van der Waals surface area contributed by atoms with E-state index in [0.29, 0.717) is 0 Å². The van der Waals surface area contributed by atoms with E-state index in [9.17, 15) is 0 Å². The normalized spacial score (nSPS) is 11.6. The first-order valence-electron chi connectivity index (χ1n) is 11.1. The molecule has 0 unspecified atom stereocenters. The van der Waals surface area contributed by atoms with Crippen LogP contribution in [0.2, 0.25) is 0 Å². The highest BCUT2D eigenvalue weighted by atomic mass is 14.0. The Bertz CT molecular complexity index is 228. The smallest absolute Gasteiger partial charge is 0.0351 e. The van der Waals surface area contributed by atoms with Crippen molar-refractivity contribution in [2.75, 3.05) is 0 Å². The van der Waals surface area contributed by atoms with Gasteiger partial charge in [0, 0.05) is 0 Å². The van der Waals surface area contributed by atoms with Crippen LogP contribution in [0.1, 0.15) is 128 Å². The zero-order chi connectivity index (χ0) is 17.6. The van der Waals surface area contributed by atoms with Crippen molar-refractivity contribution in [3.05, 3.63) is 26.0 Å². The molecule has 0 amide bonds. The lowest BCUT2D eigenvalue weighted by atomic mass is 10.0. The van der Waals surface area contributed by atoms with Crippen LogP contribution in [0.3, 0.4) is 0 Å². The first kappa shape index (κ1) is 23.7. The van der Waals surface area contributed by atoms with Crippen LogP contribution in [0.4, 0.5) is 0 Å². The molecule has 0 heterocycles. The molecule has 0 rings (SSSR count). The molecule has 0 heteroatoms. The van der Waals surface area contributed by atoms with Crippen LogP contribution in [0.25, 0.3) is 0 Å². The zero-order valence-electron chi connectivity index (χ0n) is 16.7. The SMILES string of the molecule is [CH2]CCCC=CCCCCCCCCCCCCCCCCC[CH2]. The standard InChI is InChI=1S/C24H46/c1-3-5-7-9-11-13-15-17-19-21-23-24-22-20-18-16-14-12-10-8-6-4-2/h9,11H,1-8,10,12-24H2. The van der Waals surface area contributed by atoms with E-state index in [1.807, 2.05) is 0 Å². The van der Waals surface area contributed by atoms with E-state index in [1.54, 1.807) is 0 Å². The van der Waals surface area contributed by atoms with Gasteiger partial charge in [-0.2, -0.15) is 0 Å². The summed E-state index contributed by atoms with van der Waals surface area (Å²) in [4.78, 5) is 0. The summed E-state index contributed by atoms with van der Waals surface area (Å²) in [7, 11) is 0. The van der Waals surface area contributed by atoms with Crippen LogP contribution in [0.15, 0.2) is 12.2 Å². The van der Waals surface area contributed by atoms with Crippen molar-refractivity contribution >= 4 is 0 Å². The Kier molecular flexibility index (Phi) is 22.5. The fraction of sp³-hybridized carbons (Fsp3) is 0.833. The molecule has 142 valence electrons. The van der Waals surface area contributed by atoms with Gasteiger partial charge in [0.15, 0.2) is 0 Å². The molecule has 0 nitrogen and oxygen atoms in total. The van der Waals surface area contributed by atoms with Crippen LogP contribution < -0.4 is 0 Å². The highest BCUT2D eigenvalue weighted by Gasteiger charge is 1.94. The van der Waals surface area contributed by atoms with Crippen molar-refractivity contribution in [2.45, 2.75) is 128 Å². The van der Waals surface area contributed by atoms with Crippen molar-refractivity contribution in [3.63, 3.8) is 0 Å². The summed E-state index contributed by atoms with van der Waals surface area (Å²) in [5.41, 5.74) is 0. The molecular weight excluding hydrogens is 288 g/mol. The minimum Gasteiger partial charge on any atom is -0.0885 e. The fourth-order valence-electron chi connectivity index (χ4n) is 3.23. The predicted molar refractivity (Wildman–Crippen MR) is 112 cm³/mol. The first-order valence-corrected chi connectivity index (χ1v) is 11.1. The molecular formula is C24H46. The van der Waals surface area contributed by atoms with Gasteiger partial charge in [0.05, 0.1) is 0 Å². The molecule has 0 N–H and O–H groups in total. The van der Waals surface area contributed by atoms with E-state index in [4.69, 9.17) is 0 Å². The second kappa shape index (κ2) is 22.7. The van der Waals surface area contributed by atoms with Gasteiger partial charge >= 0.3 is 0 Å². The highest BCUT2D eigenvalue weighted by molar-refractivity contribution is 4.81. The summed E-state index contributed by atoms with van der Waals surface area (Å²) in [5.74, 6) is 0. The molecule has 0 aromatic carbocycles. The Morgan fingerprint density at radius 2 is 0.625 bits per heavy atom. The Labute approximate surface area is 154 Å². The molecule has 0 aliphatic rings. The van der Waals surface area contributed by atoms with Gasteiger partial charge < -0.3 is 0 Å². The Balaban J connectivity index is 2.99. The Morgan fingerprint density at radius 1 is 0.333 bits per heavy atom. The third-order valence-corrected chi connectivity index (χ3v) is 4.91. The predicted octanol–water partition coefficient (Wildman–Crippen LogP) is 9.01. The lowest BCUT2D eigenvalue weighted by molar-refractivity contribution is 0.531. The third-order valence-electron chi connectivity index (χ3n) is 4.91. The molecule has 0 spiro atoms. The number of unbranched alkanes of at least 4 members (excludes halogenated alkanes) is 18. The molecule has 0 aromatic heterocycles. The van der Waals surface area contributed by atoms with Crippen LogP contribution in [-0.4, -0.2) is 0 Å². The first-order chi connectivity index (χ1) is 11.9. The summed E-state index contributed by atoms with van der Waals surface area (Å²) >= 11 is 0. The van der Waals surface area contributed by atoms with E-state index in [0.717, 1.165) is 12.8 Å². The second-order valence-corrected chi connectivity index (χ2v) is 7.41. The van der Waals surface area contributed by atoms with Crippen molar-refractivity contribution in [2.24, 2.45) is 0 Å². The minimum atomic E-state index is 1.07. The summed E-state index contributed by atoms with van der Waals surface area (Å²) in [6.45, 7) is 7.77. The number of rotatable bonds is 20. The summed E-state index contributed by atoms with van der Waals surface area (Å²) < 4.78 is 0. The Hall–Kier alpha value is -0.260. The zero-order valence-corrected chi connectivity index (χ0v) is 16.7. The van der Waals surface area contributed by atoms with Crippen molar-refractivity contribution < 1.29 is 0 Å². The van der Waals surface area contributed by atoms with Crippen LogP contribution in [0.5, 0.6) is 0 Å². The average Bonchev–Trinajstić information content (AvgIpc) is 2.60. The molecule has 0 aromatic rings. The molecule has 0 bridgehead atoms. The molecule has 2 radical (unpaired) electrons. The van der Waals surface area contributed by atoms with Gasteiger partial charge in [-0.25, -0.2) is 0 Å².